The van der Waals surface area contributed by atoms with Crippen LogP contribution in [-0.4, -0.2) is 34.1 Å². The lowest BCUT2D eigenvalue weighted by molar-refractivity contribution is -0.143. The second kappa shape index (κ2) is 13.4. The van der Waals surface area contributed by atoms with E-state index < -0.39 is 29.2 Å². The van der Waals surface area contributed by atoms with Crippen LogP contribution in [0, 0.1) is 11.8 Å². The number of hydrogen-bond acceptors (Lipinski definition) is 4. The fraction of sp³-hybridized carbons (Fsp3) is 0.371. The Morgan fingerprint density at radius 1 is 0.936 bits per heavy atom. The number of alkyl halides is 6. The van der Waals surface area contributed by atoms with Gasteiger partial charge < -0.3 is 15.4 Å². The van der Waals surface area contributed by atoms with E-state index in [4.69, 9.17) is 17.0 Å². The molecule has 248 valence electrons. The summed E-state index contributed by atoms with van der Waals surface area (Å²) in [6.07, 6.45) is -5.13. The van der Waals surface area contributed by atoms with Crippen molar-refractivity contribution in [2.45, 2.75) is 57.3 Å². The Kier molecular flexibility index (Phi) is 9.46. The maximum Gasteiger partial charge on any atom is 0.416 e. The number of benzene rings is 3. The van der Waals surface area contributed by atoms with Crippen LogP contribution in [0.5, 0.6) is 0 Å². The molecule has 1 unspecified atom stereocenters. The van der Waals surface area contributed by atoms with E-state index in [0.29, 0.717) is 36.3 Å². The number of fused-ring (bicyclic) bond motifs is 4. The Morgan fingerprint density at radius 2 is 1.64 bits per heavy atom. The number of nitrogens with zero attached hydrogens (tertiary/aromatic N) is 2. The van der Waals surface area contributed by atoms with Crippen LogP contribution in [0.2, 0.25) is 0 Å². The van der Waals surface area contributed by atoms with Gasteiger partial charge in [-0.1, -0.05) is 43.7 Å². The van der Waals surface area contributed by atoms with E-state index >= 15 is 0 Å². The molecule has 3 aromatic carbocycles. The van der Waals surface area contributed by atoms with Gasteiger partial charge in [0.2, 0.25) is 0 Å². The third-order valence-corrected chi connectivity index (χ3v) is 9.47. The van der Waals surface area contributed by atoms with Crippen LogP contribution >= 0.6 is 12.2 Å². The number of rotatable bonds is 8. The predicted octanol–water partition coefficient (Wildman–Crippen LogP) is 9.46. The molecule has 3 aliphatic heterocycles. The highest BCUT2D eigenvalue weighted by Crippen LogP contribution is 2.44. The third kappa shape index (κ3) is 7.55. The number of ether oxygens (including phenoxy) is 1. The number of piperidine rings is 3. The average Bonchev–Trinajstić information content (AvgIpc) is 3.04. The van der Waals surface area contributed by atoms with Gasteiger partial charge in [0.15, 0.2) is 5.11 Å². The minimum atomic E-state index is -4.97. The van der Waals surface area contributed by atoms with Crippen molar-refractivity contribution >= 4 is 39.6 Å². The highest BCUT2D eigenvalue weighted by Gasteiger charge is 2.43. The van der Waals surface area contributed by atoms with Crippen molar-refractivity contribution in [1.82, 2.24) is 9.88 Å². The van der Waals surface area contributed by atoms with Gasteiger partial charge in [-0.25, -0.2) is 0 Å². The quantitative estimate of drug-likeness (QED) is 0.144. The van der Waals surface area contributed by atoms with Crippen LogP contribution in [0.1, 0.15) is 54.5 Å². The Morgan fingerprint density at radius 3 is 2.28 bits per heavy atom. The second-order valence-corrected chi connectivity index (χ2v) is 12.6. The zero-order valence-corrected chi connectivity index (χ0v) is 26.4. The topological polar surface area (TPSA) is 49.4 Å². The number of hydrogen-bond donors (Lipinski definition) is 2. The molecular formula is C35H34F6N4OS. The van der Waals surface area contributed by atoms with E-state index in [2.05, 4.69) is 27.4 Å². The predicted molar refractivity (Wildman–Crippen MR) is 174 cm³/mol. The van der Waals surface area contributed by atoms with Gasteiger partial charge in [0.05, 0.1) is 29.4 Å². The first-order chi connectivity index (χ1) is 22.4. The lowest BCUT2D eigenvalue weighted by Crippen LogP contribution is -2.55. The van der Waals surface area contributed by atoms with E-state index in [-0.39, 0.29) is 23.3 Å². The van der Waals surface area contributed by atoms with E-state index in [0.717, 1.165) is 48.0 Å². The van der Waals surface area contributed by atoms with E-state index in [1.807, 2.05) is 42.5 Å². The Labute approximate surface area is 274 Å². The van der Waals surface area contributed by atoms with Gasteiger partial charge in [-0.2, -0.15) is 26.3 Å². The molecule has 0 radical (unpaired) electrons. The molecule has 47 heavy (non-hydrogen) atoms. The first-order valence-electron chi connectivity index (χ1n) is 15.5. The number of anilines is 2. The molecule has 5 nitrogen and oxygen atoms in total. The molecule has 4 aromatic rings. The minimum Gasteiger partial charge on any atom is -0.367 e. The Hall–Kier alpha value is -3.74. The summed E-state index contributed by atoms with van der Waals surface area (Å²) in [7, 11) is 0. The molecule has 12 heteroatoms. The molecule has 0 spiro atoms. The molecule has 5 atom stereocenters. The Balaban J connectivity index is 1.29. The maximum absolute atomic E-state index is 13.4. The monoisotopic (exact) mass is 672 g/mol. The van der Waals surface area contributed by atoms with Crippen LogP contribution in [-0.2, 0) is 23.7 Å². The van der Waals surface area contributed by atoms with Crippen LogP contribution in [0.25, 0.3) is 10.9 Å². The van der Waals surface area contributed by atoms with Crippen LogP contribution in [0.3, 0.4) is 0 Å². The van der Waals surface area contributed by atoms with Gasteiger partial charge in [-0.05, 0) is 97.0 Å². The standard InChI is InChI=1S/C35H34F6N4OS/c1-2-22-19-45-13-11-23(22)14-31(45)32(46-20-21-6-4-3-5-7-21)28-10-12-42-30-9-8-26(18-29(28)30)43-33(47)44-27-16-24(34(36,37)38)15-25(17-27)35(39,40)41/h3-10,12,15-18,22-23,31-32H,2,11,13-14,19-20H2,1H3,(H2,43,44,47)/t22-,23-,31+,32-/m0/s1. The number of thiocarbonyl (C=S) groups is 1. The van der Waals surface area contributed by atoms with Gasteiger partial charge in [-0.15, -0.1) is 0 Å². The molecule has 4 heterocycles. The van der Waals surface area contributed by atoms with Gasteiger partial charge in [0.1, 0.15) is 0 Å². The summed E-state index contributed by atoms with van der Waals surface area (Å²) in [5, 5.41) is 6.06. The average molecular weight is 673 g/mol. The third-order valence-electron chi connectivity index (χ3n) is 9.27. The van der Waals surface area contributed by atoms with E-state index in [1.54, 1.807) is 18.3 Å². The smallest absolute Gasteiger partial charge is 0.367 e. The zero-order chi connectivity index (χ0) is 33.3. The normalized spacial score (nSPS) is 21.9. The molecule has 3 saturated heterocycles. The molecule has 0 aliphatic carbocycles. The summed E-state index contributed by atoms with van der Waals surface area (Å²) < 4.78 is 87.0. The maximum atomic E-state index is 13.4. The SMILES string of the molecule is CC[C@H]1CN2CC[C@H]1C[C@@H]2[C@@H](OCc1ccccc1)c1ccnc2ccc(NC(=S)Nc3cc(C(F)(F)F)cc(C(F)(F)F)c3)cc12. The molecule has 7 rings (SSSR count). The highest BCUT2D eigenvalue weighted by molar-refractivity contribution is 7.80. The van der Waals surface area contributed by atoms with Crippen LogP contribution in [0.4, 0.5) is 37.7 Å². The van der Waals surface area contributed by atoms with Gasteiger partial charge in [-0.3, -0.25) is 9.88 Å². The van der Waals surface area contributed by atoms with Crippen molar-refractivity contribution in [2.75, 3.05) is 23.7 Å². The van der Waals surface area contributed by atoms with Gasteiger partial charge >= 0.3 is 12.4 Å². The van der Waals surface area contributed by atoms with Crippen molar-refractivity contribution in [1.29, 1.82) is 0 Å². The van der Waals surface area contributed by atoms with E-state index in [1.165, 1.54) is 6.42 Å². The van der Waals surface area contributed by atoms with Gasteiger partial charge in [0.25, 0.3) is 0 Å². The summed E-state index contributed by atoms with van der Waals surface area (Å²) in [5.41, 5.74) is -0.0852. The van der Waals surface area contributed by atoms with Crippen molar-refractivity contribution in [3.8, 4) is 0 Å². The molecule has 3 aliphatic rings. The van der Waals surface area contributed by atoms with Crippen molar-refractivity contribution in [2.24, 2.45) is 11.8 Å². The minimum absolute atomic E-state index is 0.0763. The largest absolute Gasteiger partial charge is 0.416 e. The fourth-order valence-electron chi connectivity index (χ4n) is 6.94. The lowest BCUT2D eigenvalue weighted by atomic mass is 9.72. The number of aromatic nitrogens is 1. The molecular weight excluding hydrogens is 638 g/mol. The summed E-state index contributed by atoms with van der Waals surface area (Å²) in [6.45, 7) is 4.71. The van der Waals surface area contributed by atoms with Crippen LogP contribution in [0.15, 0.2) is 79.0 Å². The zero-order valence-electron chi connectivity index (χ0n) is 25.5. The first kappa shape index (κ1) is 33.2. The molecule has 3 fully saturated rings. The number of pyridine rings is 1. The second-order valence-electron chi connectivity index (χ2n) is 12.2. The summed E-state index contributed by atoms with van der Waals surface area (Å²) in [4.78, 5) is 7.10. The fourth-order valence-corrected chi connectivity index (χ4v) is 7.18. The number of nitrogens with one attached hydrogen (secondary N) is 2. The summed E-state index contributed by atoms with van der Waals surface area (Å²) in [6, 6.07) is 18.7. The van der Waals surface area contributed by atoms with Crippen molar-refractivity contribution in [3.63, 3.8) is 0 Å². The van der Waals surface area contributed by atoms with Crippen LogP contribution < -0.4 is 10.6 Å². The Bertz CT molecular complexity index is 1700. The molecule has 1 aromatic heterocycles. The molecule has 0 amide bonds. The van der Waals surface area contributed by atoms with Crippen molar-refractivity contribution < 1.29 is 31.1 Å². The van der Waals surface area contributed by atoms with E-state index in [9.17, 15) is 26.3 Å². The van der Waals surface area contributed by atoms with Gasteiger partial charge in [0, 0.05) is 35.5 Å². The highest BCUT2D eigenvalue weighted by atomic mass is 32.1. The first-order valence-corrected chi connectivity index (χ1v) is 16.0. The number of halogens is 6. The molecule has 0 saturated carbocycles. The van der Waals surface area contributed by atoms with Crippen molar-refractivity contribution in [3.05, 3.63) is 101 Å². The summed E-state index contributed by atoms with van der Waals surface area (Å²) >= 11 is 5.32. The molecule has 2 N–H and O–H groups in total. The lowest BCUT2D eigenvalue weighted by Gasteiger charge is -2.52. The molecule has 2 bridgehead atoms. The summed E-state index contributed by atoms with van der Waals surface area (Å²) in [5.74, 6) is 1.29.